The normalized spacial score (nSPS) is 18.9. The molecule has 0 aliphatic carbocycles. The van der Waals surface area contributed by atoms with Crippen molar-refractivity contribution in [2.24, 2.45) is 0 Å². The van der Waals surface area contributed by atoms with Crippen LogP contribution in [0.25, 0.3) is 0 Å². The number of hydrogen-bond acceptors (Lipinski definition) is 2. The smallest absolute Gasteiger partial charge is 0.161 e. The molecule has 0 saturated heterocycles. The maximum Gasteiger partial charge on any atom is 0.161 e. The number of benzene rings is 3. The van der Waals surface area contributed by atoms with Crippen LogP contribution in [0.1, 0.15) is 16.7 Å². The van der Waals surface area contributed by atoms with Crippen molar-refractivity contribution >= 4 is 27.3 Å². The zero-order valence-corrected chi connectivity index (χ0v) is 14.4. The Balaban J connectivity index is 1.89. The molecule has 0 amide bonds. The van der Waals surface area contributed by atoms with E-state index >= 15 is 0 Å². The summed E-state index contributed by atoms with van der Waals surface area (Å²) in [6.45, 7) is 2.12. The molecule has 1 unspecified atom stereocenters. The van der Waals surface area contributed by atoms with Crippen LogP contribution < -0.4 is 10.6 Å². The van der Waals surface area contributed by atoms with Gasteiger partial charge in [0.05, 0.1) is 11.4 Å². The molecule has 3 aromatic rings. The van der Waals surface area contributed by atoms with Gasteiger partial charge in [0, 0.05) is 15.6 Å². The Morgan fingerprint density at radius 1 is 0.739 bits per heavy atom. The molecule has 114 valence electrons. The van der Waals surface area contributed by atoms with Crippen molar-refractivity contribution in [1.82, 2.24) is 0 Å². The van der Waals surface area contributed by atoms with Gasteiger partial charge in [-0.2, -0.15) is 0 Å². The molecule has 23 heavy (non-hydrogen) atoms. The van der Waals surface area contributed by atoms with Crippen LogP contribution in [-0.2, 0) is 5.66 Å². The third-order valence-corrected chi connectivity index (χ3v) is 4.83. The van der Waals surface area contributed by atoms with Crippen LogP contribution in [0.3, 0.4) is 0 Å². The van der Waals surface area contributed by atoms with Gasteiger partial charge in [0.15, 0.2) is 5.66 Å². The highest BCUT2D eigenvalue weighted by atomic mass is 79.9. The lowest BCUT2D eigenvalue weighted by atomic mass is 9.92. The Morgan fingerprint density at radius 2 is 1.39 bits per heavy atom. The largest absolute Gasteiger partial charge is 0.354 e. The first-order valence-electron chi connectivity index (χ1n) is 7.66. The number of anilines is 2. The minimum Gasteiger partial charge on any atom is -0.354 e. The minimum atomic E-state index is -0.446. The molecule has 2 N–H and O–H groups in total. The second-order valence-corrected chi connectivity index (χ2v) is 6.84. The van der Waals surface area contributed by atoms with Crippen molar-refractivity contribution in [3.8, 4) is 0 Å². The highest BCUT2D eigenvalue weighted by Crippen LogP contribution is 2.43. The summed E-state index contributed by atoms with van der Waals surface area (Å²) in [6.07, 6.45) is 0. The highest BCUT2D eigenvalue weighted by Gasteiger charge is 2.39. The maximum atomic E-state index is 3.71. The number of rotatable bonds is 2. The average molecular weight is 365 g/mol. The van der Waals surface area contributed by atoms with E-state index < -0.39 is 5.66 Å². The number of aryl methyl sites for hydroxylation is 1. The van der Waals surface area contributed by atoms with Crippen molar-refractivity contribution in [2.45, 2.75) is 12.6 Å². The standard InChI is InChI=1S/C20H17BrN2/c1-14-7-12-18-19(13-14)23-20(22-18,15-5-3-2-4-6-15)16-8-10-17(21)11-9-16/h2-13,22-23H,1H3. The van der Waals surface area contributed by atoms with Crippen molar-refractivity contribution in [1.29, 1.82) is 0 Å². The number of halogens is 1. The van der Waals surface area contributed by atoms with Gasteiger partial charge in [0.2, 0.25) is 0 Å². The average Bonchev–Trinajstić information content (AvgIpc) is 2.96. The van der Waals surface area contributed by atoms with Gasteiger partial charge in [-0.25, -0.2) is 0 Å². The summed E-state index contributed by atoms with van der Waals surface area (Å²) in [6, 6.07) is 25.4. The summed E-state index contributed by atoms with van der Waals surface area (Å²) in [5, 5.41) is 7.42. The second-order valence-electron chi connectivity index (χ2n) is 5.92. The number of hydrogen-bond donors (Lipinski definition) is 2. The molecular formula is C20H17BrN2. The summed E-state index contributed by atoms with van der Waals surface area (Å²) in [5.74, 6) is 0. The lowest BCUT2D eigenvalue weighted by Crippen LogP contribution is -2.39. The Bertz CT molecular complexity index is 843. The van der Waals surface area contributed by atoms with Crippen molar-refractivity contribution < 1.29 is 0 Å². The molecule has 3 heteroatoms. The van der Waals surface area contributed by atoms with Gasteiger partial charge >= 0.3 is 0 Å². The number of fused-ring (bicyclic) bond motifs is 1. The molecule has 0 saturated carbocycles. The fourth-order valence-electron chi connectivity index (χ4n) is 3.15. The Kier molecular flexibility index (Phi) is 3.38. The van der Waals surface area contributed by atoms with Crippen molar-refractivity contribution in [3.63, 3.8) is 0 Å². The summed E-state index contributed by atoms with van der Waals surface area (Å²) >= 11 is 3.52. The fourth-order valence-corrected chi connectivity index (χ4v) is 3.41. The molecule has 0 spiro atoms. The van der Waals surface area contributed by atoms with E-state index in [1.54, 1.807) is 0 Å². The van der Waals surface area contributed by atoms with Crippen LogP contribution in [0.15, 0.2) is 77.3 Å². The van der Waals surface area contributed by atoms with E-state index in [0.717, 1.165) is 15.8 Å². The summed E-state index contributed by atoms with van der Waals surface area (Å²) < 4.78 is 1.08. The maximum absolute atomic E-state index is 3.71. The van der Waals surface area contributed by atoms with Crippen molar-refractivity contribution in [3.05, 3.63) is 94.0 Å². The molecule has 0 radical (unpaired) electrons. The monoisotopic (exact) mass is 364 g/mol. The third-order valence-electron chi connectivity index (χ3n) is 4.30. The molecule has 1 aliphatic heterocycles. The van der Waals surface area contributed by atoms with E-state index in [1.165, 1.54) is 16.7 Å². The Labute approximate surface area is 144 Å². The quantitative estimate of drug-likeness (QED) is 0.627. The van der Waals surface area contributed by atoms with E-state index in [9.17, 15) is 0 Å². The first-order valence-corrected chi connectivity index (χ1v) is 8.45. The van der Waals surface area contributed by atoms with Gasteiger partial charge in [-0.05, 0) is 36.8 Å². The predicted octanol–water partition coefficient (Wildman–Crippen LogP) is 5.50. The first-order chi connectivity index (χ1) is 11.2. The summed E-state index contributed by atoms with van der Waals surface area (Å²) in [7, 11) is 0. The van der Waals surface area contributed by atoms with E-state index in [2.05, 4.69) is 100 Å². The molecule has 1 heterocycles. The molecule has 0 fully saturated rings. The molecule has 0 bridgehead atoms. The van der Waals surface area contributed by atoms with Gasteiger partial charge in [-0.3, -0.25) is 0 Å². The summed E-state index contributed by atoms with van der Waals surface area (Å²) in [4.78, 5) is 0. The van der Waals surface area contributed by atoms with Crippen LogP contribution in [0.4, 0.5) is 11.4 Å². The first kappa shape index (κ1) is 14.3. The molecule has 1 aliphatic rings. The van der Waals surface area contributed by atoms with E-state index in [1.807, 2.05) is 6.07 Å². The zero-order valence-electron chi connectivity index (χ0n) is 12.8. The topological polar surface area (TPSA) is 24.1 Å². The molecule has 0 aromatic heterocycles. The predicted molar refractivity (Wildman–Crippen MR) is 99.8 cm³/mol. The molecule has 2 nitrogen and oxygen atoms in total. The van der Waals surface area contributed by atoms with Gasteiger partial charge in [-0.1, -0.05) is 64.5 Å². The van der Waals surface area contributed by atoms with Crippen LogP contribution in [-0.4, -0.2) is 0 Å². The third kappa shape index (κ3) is 2.41. The van der Waals surface area contributed by atoms with Gasteiger partial charge in [0.25, 0.3) is 0 Å². The van der Waals surface area contributed by atoms with Gasteiger partial charge < -0.3 is 10.6 Å². The molecule has 4 rings (SSSR count). The Morgan fingerprint density at radius 3 is 2.13 bits per heavy atom. The lowest BCUT2D eigenvalue weighted by molar-refractivity contribution is 0.703. The fraction of sp³-hybridized carbons (Fsp3) is 0.100. The van der Waals surface area contributed by atoms with E-state index in [4.69, 9.17) is 0 Å². The summed E-state index contributed by atoms with van der Waals surface area (Å²) in [5.41, 5.74) is 5.44. The zero-order chi connectivity index (χ0) is 15.9. The molecule has 1 atom stereocenters. The number of nitrogens with one attached hydrogen (secondary N) is 2. The van der Waals surface area contributed by atoms with E-state index in [-0.39, 0.29) is 0 Å². The van der Waals surface area contributed by atoms with Crippen LogP contribution in [0.2, 0.25) is 0 Å². The van der Waals surface area contributed by atoms with Crippen LogP contribution in [0, 0.1) is 6.92 Å². The Hall–Kier alpha value is -2.26. The van der Waals surface area contributed by atoms with Crippen LogP contribution >= 0.6 is 15.9 Å². The lowest BCUT2D eigenvalue weighted by Gasteiger charge is -2.32. The van der Waals surface area contributed by atoms with Crippen LogP contribution in [0.5, 0.6) is 0 Å². The second kappa shape index (κ2) is 5.43. The van der Waals surface area contributed by atoms with Gasteiger partial charge in [0.1, 0.15) is 0 Å². The highest BCUT2D eigenvalue weighted by molar-refractivity contribution is 9.10. The van der Waals surface area contributed by atoms with Crippen molar-refractivity contribution in [2.75, 3.05) is 10.6 Å². The van der Waals surface area contributed by atoms with Gasteiger partial charge in [-0.15, -0.1) is 0 Å². The minimum absolute atomic E-state index is 0.446. The van der Waals surface area contributed by atoms with E-state index in [0.29, 0.717) is 0 Å². The molecular weight excluding hydrogens is 348 g/mol. The SMILES string of the molecule is Cc1ccc2c(c1)NC(c1ccccc1)(c1ccc(Br)cc1)N2. The molecule has 3 aromatic carbocycles.